The number of phenolic OH excluding ortho intramolecular Hbond substituents is 1. The van der Waals surface area contributed by atoms with Gasteiger partial charge < -0.3 is 45.7 Å². The van der Waals surface area contributed by atoms with Gasteiger partial charge in [-0.15, -0.1) is 0 Å². The third-order valence-corrected chi connectivity index (χ3v) is 10.5. The number of benzene rings is 1. The van der Waals surface area contributed by atoms with Crippen molar-refractivity contribution in [3.8, 4) is 23.3 Å². The molecule has 0 aliphatic heterocycles. The zero-order chi connectivity index (χ0) is 36.2. The molecule has 2 aromatic heterocycles. The predicted octanol–water partition coefficient (Wildman–Crippen LogP) is 5.22. The number of fused-ring (bicyclic) bond motifs is 1. The number of anilines is 1. The summed E-state index contributed by atoms with van der Waals surface area (Å²) in [5.41, 5.74) is 8.84. The Bertz CT molecular complexity index is 1590. The van der Waals surface area contributed by atoms with Crippen LogP contribution in [0.4, 0.5) is 5.82 Å². The quantitative estimate of drug-likeness (QED) is 0.0828. The van der Waals surface area contributed by atoms with E-state index < -0.39 is 18.3 Å². The van der Waals surface area contributed by atoms with E-state index in [0.29, 0.717) is 31.0 Å². The van der Waals surface area contributed by atoms with Crippen LogP contribution in [0.2, 0.25) is 0 Å². The highest BCUT2D eigenvalue weighted by Gasteiger charge is 2.38. The van der Waals surface area contributed by atoms with Crippen molar-refractivity contribution in [1.29, 1.82) is 0 Å². The minimum Gasteiger partial charge on any atom is -0.504 e. The van der Waals surface area contributed by atoms with E-state index in [-0.39, 0.29) is 67.5 Å². The molecule has 8 N–H and O–H groups in total. The fourth-order valence-corrected chi connectivity index (χ4v) is 7.63. The molecule has 0 bridgehead atoms. The van der Waals surface area contributed by atoms with Gasteiger partial charge >= 0.3 is 0 Å². The lowest BCUT2D eigenvalue weighted by Crippen LogP contribution is -2.39. The highest BCUT2D eigenvalue weighted by atomic mass is 16.5. The molecule has 0 fully saturated rings. The number of H-pyrrole nitrogens is 1. The smallest absolute Gasteiger partial charge is 0.161 e. The molecule has 2 heterocycles. The van der Waals surface area contributed by atoms with Gasteiger partial charge in [-0.25, -0.2) is 4.98 Å². The van der Waals surface area contributed by atoms with Crippen LogP contribution in [0, 0.1) is 29.6 Å². The number of nitrogen functional groups attached to an aromatic ring is 1. The summed E-state index contributed by atoms with van der Waals surface area (Å²) in [5.74, 6) is 7.03. The first-order valence-corrected chi connectivity index (χ1v) is 18.5. The number of aromatic nitrogens is 2. The number of nitrogens with one attached hydrogen (secondary N) is 1. The molecule has 51 heavy (non-hydrogen) atoms. The largest absolute Gasteiger partial charge is 0.504 e. The van der Waals surface area contributed by atoms with E-state index in [1.54, 1.807) is 18.3 Å². The normalized spacial score (nSPS) is 25.4. The number of phenols is 1. The van der Waals surface area contributed by atoms with Gasteiger partial charge in [-0.2, -0.15) is 0 Å². The molecule has 3 aromatic rings. The topological polar surface area (TPSA) is 174 Å². The Kier molecular flexibility index (Phi) is 14.4. The van der Waals surface area contributed by atoms with E-state index >= 15 is 0 Å². The van der Waals surface area contributed by atoms with Crippen molar-refractivity contribution in [3.05, 3.63) is 83.8 Å². The molecular weight excluding hydrogens is 646 g/mol. The number of aromatic hydroxyl groups is 1. The Balaban J connectivity index is 1.43. The molecule has 2 aliphatic rings. The summed E-state index contributed by atoms with van der Waals surface area (Å²) in [6.45, 7) is 2.06. The Morgan fingerprint density at radius 2 is 1.90 bits per heavy atom. The van der Waals surface area contributed by atoms with Crippen LogP contribution >= 0.6 is 0 Å². The SMILES string of the molecule is CCC1C#CC2C=CC(c3ccc(O)c(OC(CC(Cc4ccc[nH]4)c4ccnc(N)c4)C(O)CCO)c3)CC(O)C2C(OCCO)CCCC1. The number of hydrogen-bond acceptors (Lipinski definition) is 9. The van der Waals surface area contributed by atoms with Crippen molar-refractivity contribution in [2.24, 2.45) is 17.8 Å². The van der Waals surface area contributed by atoms with E-state index in [9.17, 15) is 25.5 Å². The number of aromatic amines is 1. The number of pyridine rings is 1. The second-order valence-corrected chi connectivity index (χ2v) is 14.0. The van der Waals surface area contributed by atoms with Crippen LogP contribution in [0.25, 0.3) is 0 Å². The lowest BCUT2D eigenvalue weighted by molar-refractivity contribution is -0.0602. The van der Waals surface area contributed by atoms with Crippen LogP contribution in [0.3, 0.4) is 0 Å². The van der Waals surface area contributed by atoms with Gasteiger partial charge in [0.15, 0.2) is 11.5 Å². The highest BCUT2D eigenvalue weighted by molar-refractivity contribution is 5.44. The zero-order valence-electron chi connectivity index (χ0n) is 29.6. The Morgan fingerprint density at radius 3 is 2.65 bits per heavy atom. The van der Waals surface area contributed by atoms with Gasteiger partial charge in [-0.1, -0.05) is 49.8 Å². The van der Waals surface area contributed by atoms with E-state index in [1.807, 2.05) is 36.5 Å². The van der Waals surface area contributed by atoms with Crippen molar-refractivity contribution < 1.29 is 35.0 Å². The van der Waals surface area contributed by atoms with Crippen LogP contribution in [-0.4, -0.2) is 79.7 Å². The van der Waals surface area contributed by atoms with Gasteiger partial charge in [0.2, 0.25) is 0 Å². The average molecular weight is 702 g/mol. The average Bonchev–Trinajstić information content (AvgIpc) is 3.58. The molecule has 5 rings (SSSR count). The molecule has 2 aliphatic carbocycles. The molecule has 10 heteroatoms. The lowest BCUT2D eigenvalue weighted by Gasteiger charge is -2.34. The monoisotopic (exact) mass is 701 g/mol. The second kappa shape index (κ2) is 19.1. The maximum Gasteiger partial charge on any atom is 0.161 e. The first kappa shape index (κ1) is 38.4. The molecule has 0 saturated carbocycles. The fraction of sp³-hybridized carbons (Fsp3) is 0.537. The summed E-state index contributed by atoms with van der Waals surface area (Å²) in [5, 5.41) is 53.4. The van der Waals surface area contributed by atoms with Crippen LogP contribution in [0.5, 0.6) is 11.5 Å². The van der Waals surface area contributed by atoms with Crippen molar-refractivity contribution in [2.75, 3.05) is 25.6 Å². The van der Waals surface area contributed by atoms with Crippen LogP contribution in [0.15, 0.2) is 67.0 Å². The van der Waals surface area contributed by atoms with E-state index in [1.165, 1.54) is 0 Å². The number of allylic oxidation sites excluding steroid dienone is 2. The summed E-state index contributed by atoms with van der Waals surface area (Å²) in [4.78, 5) is 7.41. The maximum atomic E-state index is 11.8. The molecule has 9 atom stereocenters. The summed E-state index contributed by atoms with van der Waals surface area (Å²) in [6.07, 6.45) is 11.3. The molecule has 0 amide bonds. The van der Waals surface area contributed by atoms with Crippen LogP contribution < -0.4 is 10.5 Å². The number of nitrogens with zero attached hydrogens (tertiary/aromatic N) is 1. The molecular formula is C41H55N3O7. The van der Waals surface area contributed by atoms with Crippen LogP contribution in [0.1, 0.15) is 86.9 Å². The molecule has 1 aromatic carbocycles. The van der Waals surface area contributed by atoms with E-state index in [2.05, 4.69) is 40.9 Å². The molecule has 9 unspecified atom stereocenters. The van der Waals surface area contributed by atoms with E-state index in [0.717, 1.165) is 48.9 Å². The minimum absolute atomic E-state index is 0.0738. The molecule has 10 nitrogen and oxygen atoms in total. The van der Waals surface area contributed by atoms with Gasteiger partial charge in [0.1, 0.15) is 11.9 Å². The number of aliphatic hydroxyl groups is 4. The number of aliphatic hydroxyl groups excluding tert-OH is 4. The Labute approximate surface area is 301 Å². The molecule has 0 spiro atoms. The minimum atomic E-state index is -1.02. The first-order valence-electron chi connectivity index (χ1n) is 18.5. The summed E-state index contributed by atoms with van der Waals surface area (Å²) in [6, 6.07) is 12.9. The number of rotatable bonds is 15. The fourth-order valence-electron chi connectivity index (χ4n) is 7.63. The van der Waals surface area contributed by atoms with Gasteiger partial charge in [-0.05, 0) is 92.0 Å². The summed E-state index contributed by atoms with van der Waals surface area (Å²) in [7, 11) is 0. The second-order valence-electron chi connectivity index (χ2n) is 14.0. The van der Waals surface area contributed by atoms with Crippen LogP contribution in [-0.2, 0) is 11.2 Å². The Morgan fingerprint density at radius 1 is 1.06 bits per heavy atom. The zero-order valence-corrected chi connectivity index (χ0v) is 29.6. The third-order valence-electron chi connectivity index (χ3n) is 10.5. The van der Waals surface area contributed by atoms with Gasteiger partial charge in [0, 0.05) is 54.8 Å². The third kappa shape index (κ3) is 10.6. The predicted molar refractivity (Wildman–Crippen MR) is 197 cm³/mol. The molecule has 0 radical (unpaired) electrons. The van der Waals surface area contributed by atoms with Crippen molar-refractivity contribution in [1.82, 2.24) is 9.97 Å². The molecule has 0 saturated heterocycles. The van der Waals surface area contributed by atoms with Crippen molar-refractivity contribution >= 4 is 5.82 Å². The lowest BCUT2D eigenvalue weighted by atomic mass is 9.79. The molecule has 276 valence electrons. The number of hydrogen-bond donors (Lipinski definition) is 7. The number of ether oxygens (including phenoxy) is 2. The van der Waals surface area contributed by atoms with Gasteiger partial charge in [0.05, 0.1) is 31.5 Å². The highest BCUT2D eigenvalue weighted by Crippen LogP contribution is 2.40. The Hall–Kier alpha value is -3.85. The summed E-state index contributed by atoms with van der Waals surface area (Å²) >= 11 is 0. The number of nitrogens with two attached hydrogens (primary N) is 1. The summed E-state index contributed by atoms with van der Waals surface area (Å²) < 4.78 is 12.6. The standard InChI is InChI=1S/C41H55N3O7/c1-2-27-6-3-4-8-37(50-21-20-46)41-28(10-9-27)11-12-29(23-36(41)49)30-13-14-34(47)38(24-30)51-39(35(48)16-19-45)25-32(22-33-7-5-17-43-33)31-15-18-44-40(42)26-31/h5,7,11-15,17-18,24,26-29,32,35-37,39,41,43,45-49H,2-4,6,8,16,19-23,25H2,1H3,(H2,42,44). The maximum absolute atomic E-state index is 11.8. The van der Waals surface area contributed by atoms with Gasteiger partial charge in [0.25, 0.3) is 0 Å². The first-order chi connectivity index (χ1) is 24.8. The van der Waals surface area contributed by atoms with E-state index in [4.69, 9.17) is 15.2 Å². The van der Waals surface area contributed by atoms with Crippen molar-refractivity contribution in [2.45, 2.75) is 101 Å². The van der Waals surface area contributed by atoms with Gasteiger partial charge in [-0.3, -0.25) is 0 Å². The van der Waals surface area contributed by atoms with Crippen molar-refractivity contribution in [3.63, 3.8) is 0 Å².